The minimum atomic E-state index is 0.118. The highest BCUT2D eigenvalue weighted by molar-refractivity contribution is 5.55. The third-order valence-corrected chi connectivity index (χ3v) is 2.32. The fraction of sp³-hybridized carbons (Fsp3) is 0.273. The zero-order valence-corrected chi connectivity index (χ0v) is 7.48. The maximum Gasteiger partial charge on any atom is 0.0702 e. The number of aliphatic hydroxyl groups excluding tert-OH is 1. The first-order valence-electron chi connectivity index (χ1n) is 4.50. The van der Waals surface area contributed by atoms with Crippen LogP contribution in [0, 0.1) is 0 Å². The molecule has 1 N–H and O–H groups in total. The van der Waals surface area contributed by atoms with Crippen LogP contribution >= 0.6 is 0 Å². The maximum atomic E-state index is 9.13. The highest BCUT2D eigenvalue weighted by atomic mass is 16.3. The van der Waals surface area contributed by atoms with Gasteiger partial charge in [0.05, 0.1) is 6.61 Å². The van der Waals surface area contributed by atoms with Gasteiger partial charge in [0.15, 0.2) is 0 Å². The Morgan fingerprint density at radius 2 is 1.85 bits per heavy atom. The minimum absolute atomic E-state index is 0.118. The number of hydrogen-bond acceptors (Lipinski definition) is 2. The molecule has 0 atom stereocenters. The number of benzene rings is 1. The normalized spacial score (nSPS) is 15.3. The lowest BCUT2D eigenvalue weighted by Gasteiger charge is -2.20. The summed E-state index contributed by atoms with van der Waals surface area (Å²) in [5.74, 6) is 0. The van der Waals surface area contributed by atoms with Crippen molar-refractivity contribution in [3.05, 3.63) is 42.0 Å². The molecule has 0 unspecified atom stereocenters. The van der Waals surface area contributed by atoms with Gasteiger partial charge in [-0.1, -0.05) is 30.4 Å². The molecule has 0 saturated heterocycles. The molecule has 1 heterocycles. The molecule has 1 aliphatic heterocycles. The third-order valence-electron chi connectivity index (χ3n) is 2.32. The minimum Gasteiger partial charge on any atom is -0.392 e. The molecule has 1 aliphatic rings. The van der Waals surface area contributed by atoms with Gasteiger partial charge in [-0.3, -0.25) is 0 Å². The lowest BCUT2D eigenvalue weighted by molar-refractivity contribution is 0.282. The van der Waals surface area contributed by atoms with Crippen molar-refractivity contribution in [2.45, 2.75) is 6.61 Å². The first-order chi connectivity index (χ1) is 6.42. The SMILES string of the molecule is OCc1ccccc1N1CC=CC1. The van der Waals surface area contributed by atoms with Gasteiger partial charge in [0.25, 0.3) is 0 Å². The van der Waals surface area contributed by atoms with Crippen LogP contribution in [0.3, 0.4) is 0 Å². The number of hydrogen-bond donors (Lipinski definition) is 1. The molecule has 1 aromatic carbocycles. The molecule has 0 aromatic heterocycles. The topological polar surface area (TPSA) is 23.5 Å². The highest BCUT2D eigenvalue weighted by Gasteiger charge is 2.10. The molecule has 2 rings (SSSR count). The molecule has 2 heteroatoms. The number of nitrogens with zero attached hydrogens (tertiary/aromatic N) is 1. The number of para-hydroxylation sites is 1. The van der Waals surface area contributed by atoms with E-state index in [-0.39, 0.29) is 6.61 Å². The Kier molecular flexibility index (Phi) is 2.32. The smallest absolute Gasteiger partial charge is 0.0702 e. The van der Waals surface area contributed by atoms with Gasteiger partial charge < -0.3 is 10.0 Å². The van der Waals surface area contributed by atoms with Crippen molar-refractivity contribution in [2.24, 2.45) is 0 Å². The van der Waals surface area contributed by atoms with Crippen LogP contribution in [0.5, 0.6) is 0 Å². The first-order valence-corrected chi connectivity index (χ1v) is 4.50. The molecule has 68 valence electrons. The molecule has 0 saturated carbocycles. The molecule has 0 radical (unpaired) electrons. The van der Waals surface area contributed by atoms with Crippen LogP contribution in [0.2, 0.25) is 0 Å². The summed E-state index contributed by atoms with van der Waals surface area (Å²) in [6.45, 7) is 2.03. The van der Waals surface area contributed by atoms with Crippen LogP contribution in [0.15, 0.2) is 36.4 Å². The monoisotopic (exact) mass is 175 g/mol. The molecular weight excluding hydrogens is 162 g/mol. The van der Waals surface area contributed by atoms with E-state index in [9.17, 15) is 0 Å². The second-order valence-electron chi connectivity index (χ2n) is 3.16. The van der Waals surface area contributed by atoms with Crippen molar-refractivity contribution >= 4 is 5.69 Å². The average molecular weight is 175 g/mol. The lowest BCUT2D eigenvalue weighted by atomic mass is 10.2. The summed E-state index contributed by atoms with van der Waals surface area (Å²) in [4.78, 5) is 2.24. The third kappa shape index (κ3) is 1.58. The Morgan fingerprint density at radius 1 is 1.15 bits per heavy atom. The fourth-order valence-electron chi connectivity index (χ4n) is 1.63. The largest absolute Gasteiger partial charge is 0.392 e. The predicted octanol–water partition coefficient (Wildman–Crippen LogP) is 1.56. The summed E-state index contributed by atoms with van der Waals surface area (Å²) >= 11 is 0. The van der Waals surface area contributed by atoms with E-state index in [4.69, 9.17) is 5.11 Å². The van der Waals surface area contributed by atoms with Crippen molar-refractivity contribution in [1.82, 2.24) is 0 Å². The summed E-state index contributed by atoms with van der Waals surface area (Å²) < 4.78 is 0. The van der Waals surface area contributed by atoms with E-state index in [0.717, 1.165) is 24.3 Å². The summed E-state index contributed by atoms with van der Waals surface area (Å²) in [6.07, 6.45) is 4.29. The maximum absolute atomic E-state index is 9.13. The first kappa shape index (κ1) is 8.32. The van der Waals surface area contributed by atoms with Crippen molar-refractivity contribution in [1.29, 1.82) is 0 Å². The summed E-state index contributed by atoms with van der Waals surface area (Å²) in [7, 11) is 0. The van der Waals surface area contributed by atoms with E-state index in [1.807, 2.05) is 18.2 Å². The molecule has 0 fully saturated rings. The van der Waals surface area contributed by atoms with Gasteiger partial charge in [-0.05, 0) is 6.07 Å². The van der Waals surface area contributed by atoms with E-state index in [2.05, 4.69) is 23.1 Å². The van der Waals surface area contributed by atoms with E-state index in [1.165, 1.54) is 0 Å². The van der Waals surface area contributed by atoms with E-state index >= 15 is 0 Å². The Labute approximate surface area is 78.1 Å². The summed E-state index contributed by atoms with van der Waals surface area (Å²) in [6, 6.07) is 7.98. The Hall–Kier alpha value is -1.28. The van der Waals surface area contributed by atoms with Crippen molar-refractivity contribution < 1.29 is 5.11 Å². The molecule has 0 bridgehead atoms. The summed E-state index contributed by atoms with van der Waals surface area (Å²) in [5.41, 5.74) is 2.15. The highest BCUT2D eigenvalue weighted by Crippen LogP contribution is 2.21. The Balaban J connectivity index is 2.27. The van der Waals surface area contributed by atoms with Crippen molar-refractivity contribution in [3.63, 3.8) is 0 Å². The van der Waals surface area contributed by atoms with Crippen LogP contribution in [0.25, 0.3) is 0 Å². The molecular formula is C11H13NO. The van der Waals surface area contributed by atoms with Gasteiger partial charge in [0, 0.05) is 24.3 Å². The van der Waals surface area contributed by atoms with Gasteiger partial charge in [0.1, 0.15) is 0 Å². The molecule has 2 nitrogen and oxygen atoms in total. The second kappa shape index (κ2) is 3.62. The van der Waals surface area contributed by atoms with Gasteiger partial charge in [0.2, 0.25) is 0 Å². The van der Waals surface area contributed by atoms with Crippen LogP contribution in [-0.2, 0) is 6.61 Å². The van der Waals surface area contributed by atoms with Crippen LogP contribution in [-0.4, -0.2) is 18.2 Å². The molecule has 0 spiro atoms. The van der Waals surface area contributed by atoms with Gasteiger partial charge in [-0.2, -0.15) is 0 Å². The summed E-state index contributed by atoms with van der Waals surface area (Å²) in [5, 5.41) is 9.13. The molecule has 1 aromatic rings. The lowest BCUT2D eigenvalue weighted by Crippen LogP contribution is -2.19. The van der Waals surface area contributed by atoms with Gasteiger partial charge >= 0.3 is 0 Å². The fourth-order valence-corrected chi connectivity index (χ4v) is 1.63. The Morgan fingerprint density at radius 3 is 2.54 bits per heavy atom. The standard InChI is InChI=1S/C11H13NO/c13-9-10-5-1-2-6-11(10)12-7-3-4-8-12/h1-6,13H,7-9H2. The second-order valence-corrected chi connectivity index (χ2v) is 3.16. The predicted molar refractivity (Wildman–Crippen MR) is 53.7 cm³/mol. The molecule has 13 heavy (non-hydrogen) atoms. The van der Waals surface area contributed by atoms with Gasteiger partial charge in [-0.25, -0.2) is 0 Å². The van der Waals surface area contributed by atoms with Crippen molar-refractivity contribution in [3.8, 4) is 0 Å². The quantitative estimate of drug-likeness (QED) is 0.689. The van der Waals surface area contributed by atoms with Crippen LogP contribution in [0.1, 0.15) is 5.56 Å². The molecule has 0 amide bonds. The number of aliphatic hydroxyl groups is 1. The zero-order valence-electron chi connectivity index (χ0n) is 7.48. The van der Waals surface area contributed by atoms with E-state index in [1.54, 1.807) is 0 Å². The zero-order chi connectivity index (χ0) is 9.10. The van der Waals surface area contributed by atoms with E-state index < -0.39 is 0 Å². The van der Waals surface area contributed by atoms with Gasteiger partial charge in [-0.15, -0.1) is 0 Å². The van der Waals surface area contributed by atoms with Crippen LogP contribution < -0.4 is 4.90 Å². The van der Waals surface area contributed by atoms with Crippen molar-refractivity contribution in [2.75, 3.05) is 18.0 Å². The number of anilines is 1. The Bertz CT molecular complexity index is 312. The van der Waals surface area contributed by atoms with Crippen LogP contribution in [0.4, 0.5) is 5.69 Å². The average Bonchev–Trinajstić information content (AvgIpc) is 2.70. The van der Waals surface area contributed by atoms with E-state index in [0.29, 0.717) is 0 Å². The number of rotatable bonds is 2. The molecule has 0 aliphatic carbocycles.